The lowest BCUT2D eigenvalue weighted by molar-refractivity contribution is 0.379. The molecule has 1 aliphatic heterocycles. The van der Waals surface area contributed by atoms with E-state index in [0.717, 1.165) is 19.0 Å². The van der Waals surface area contributed by atoms with Gasteiger partial charge in [-0.15, -0.1) is 0 Å². The Kier molecular flexibility index (Phi) is 3.61. The van der Waals surface area contributed by atoms with E-state index < -0.39 is 0 Å². The zero-order chi connectivity index (χ0) is 12.3. The van der Waals surface area contributed by atoms with E-state index in [-0.39, 0.29) is 0 Å². The van der Waals surface area contributed by atoms with Crippen LogP contribution in [0.3, 0.4) is 0 Å². The smallest absolute Gasteiger partial charge is 0.322 e. The molecule has 0 radical (unpaired) electrons. The van der Waals surface area contributed by atoms with Crippen molar-refractivity contribution in [2.75, 3.05) is 37.5 Å². The van der Waals surface area contributed by atoms with Crippen LogP contribution in [0.1, 0.15) is 19.8 Å². The zero-order valence-electron chi connectivity index (χ0n) is 10.6. The van der Waals surface area contributed by atoms with Gasteiger partial charge in [-0.1, -0.05) is 13.3 Å². The lowest BCUT2D eigenvalue weighted by Crippen LogP contribution is -2.23. The second-order valence-corrected chi connectivity index (χ2v) is 4.20. The van der Waals surface area contributed by atoms with Crippen LogP contribution < -0.4 is 15.0 Å². The predicted molar refractivity (Wildman–Crippen MR) is 66.5 cm³/mol. The fraction of sp³-hybridized carbons (Fsp3) is 0.727. The number of hydrogen-bond donors (Lipinski definition) is 1. The average Bonchev–Trinajstić information content (AvgIpc) is 2.86. The Hall–Kier alpha value is -1.59. The van der Waals surface area contributed by atoms with E-state index in [1.54, 1.807) is 14.2 Å². The third-order valence-electron chi connectivity index (χ3n) is 3.16. The first kappa shape index (κ1) is 11.9. The molecule has 1 unspecified atom stereocenters. The molecule has 0 aliphatic carbocycles. The van der Waals surface area contributed by atoms with Crippen molar-refractivity contribution in [1.82, 2.24) is 15.0 Å². The van der Waals surface area contributed by atoms with E-state index in [1.807, 2.05) is 0 Å². The van der Waals surface area contributed by atoms with E-state index >= 15 is 0 Å². The first-order valence-corrected chi connectivity index (χ1v) is 5.99. The molecule has 1 aromatic rings. The summed E-state index contributed by atoms with van der Waals surface area (Å²) in [5.74, 6) is 2.00. The Labute approximate surface area is 101 Å². The Bertz CT molecular complexity index is 362. The summed E-state index contributed by atoms with van der Waals surface area (Å²) in [4.78, 5) is 14.9. The topological polar surface area (TPSA) is 63.2 Å². The Morgan fingerprint density at radius 2 is 2.24 bits per heavy atom. The van der Waals surface area contributed by atoms with Crippen molar-refractivity contribution >= 4 is 11.9 Å². The fourth-order valence-corrected chi connectivity index (χ4v) is 2.04. The van der Waals surface area contributed by atoms with Gasteiger partial charge in [-0.2, -0.15) is 15.0 Å². The number of hydrogen-bond acceptors (Lipinski definition) is 6. The van der Waals surface area contributed by atoms with E-state index in [2.05, 4.69) is 32.1 Å². The number of nitrogens with one attached hydrogen (secondary N) is 1. The highest BCUT2D eigenvalue weighted by atomic mass is 16.5. The monoisotopic (exact) mass is 237 g/mol. The Balaban J connectivity index is 2.20. The van der Waals surface area contributed by atoms with Gasteiger partial charge in [0.15, 0.2) is 0 Å². The summed E-state index contributed by atoms with van der Waals surface area (Å²) >= 11 is 0. The van der Waals surface area contributed by atoms with Gasteiger partial charge in [0.2, 0.25) is 11.9 Å². The molecule has 2 rings (SSSR count). The van der Waals surface area contributed by atoms with Crippen molar-refractivity contribution in [3.8, 4) is 6.01 Å². The lowest BCUT2D eigenvalue weighted by Gasteiger charge is -2.16. The number of nitrogens with zero attached hydrogens (tertiary/aromatic N) is 4. The summed E-state index contributed by atoms with van der Waals surface area (Å²) in [5, 5.41) is 2.92. The maximum absolute atomic E-state index is 5.08. The Morgan fingerprint density at radius 3 is 2.82 bits per heavy atom. The van der Waals surface area contributed by atoms with Gasteiger partial charge >= 0.3 is 6.01 Å². The minimum absolute atomic E-state index is 0.360. The molecule has 0 bridgehead atoms. The van der Waals surface area contributed by atoms with Crippen molar-refractivity contribution in [3.05, 3.63) is 0 Å². The predicted octanol–water partition coefficient (Wildman–Crippen LogP) is 1.16. The van der Waals surface area contributed by atoms with Crippen LogP contribution >= 0.6 is 0 Å². The summed E-state index contributed by atoms with van der Waals surface area (Å²) in [6.45, 7) is 4.25. The molecule has 1 N–H and O–H groups in total. The molecule has 0 aromatic carbocycles. The van der Waals surface area contributed by atoms with Crippen LogP contribution in [0.25, 0.3) is 0 Å². The highest BCUT2D eigenvalue weighted by Crippen LogP contribution is 2.24. The maximum Gasteiger partial charge on any atom is 0.322 e. The van der Waals surface area contributed by atoms with Crippen LogP contribution in [0.15, 0.2) is 0 Å². The highest BCUT2D eigenvalue weighted by Gasteiger charge is 2.24. The quantitative estimate of drug-likeness (QED) is 0.847. The van der Waals surface area contributed by atoms with Crippen LogP contribution in [-0.2, 0) is 0 Å². The van der Waals surface area contributed by atoms with Crippen molar-refractivity contribution in [3.63, 3.8) is 0 Å². The molecule has 0 spiro atoms. The second-order valence-electron chi connectivity index (χ2n) is 4.20. The van der Waals surface area contributed by atoms with Gasteiger partial charge in [0, 0.05) is 20.1 Å². The SMILES string of the molecule is CCC1CCN(c2nc(NC)nc(OC)n2)C1. The van der Waals surface area contributed by atoms with Gasteiger partial charge < -0.3 is 15.0 Å². The normalized spacial score (nSPS) is 19.5. The molecule has 94 valence electrons. The number of ether oxygens (including phenoxy) is 1. The number of methoxy groups -OCH3 is 1. The number of anilines is 2. The molecular formula is C11H19N5O. The molecular weight excluding hydrogens is 218 g/mol. The molecule has 1 atom stereocenters. The fourth-order valence-electron chi connectivity index (χ4n) is 2.04. The van der Waals surface area contributed by atoms with Gasteiger partial charge in [-0.25, -0.2) is 0 Å². The molecule has 0 saturated carbocycles. The third kappa shape index (κ3) is 2.57. The third-order valence-corrected chi connectivity index (χ3v) is 3.16. The minimum atomic E-state index is 0.360. The van der Waals surface area contributed by atoms with Crippen LogP contribution in [0.4, 0.5) is 11.9 Å². The Morgan fingerprint density at radius 1 is 1.41 bits per heavy atom. The maximum atomic E-state index is 5.08. The molecule has 1 saturated heterocycles. The van der Waals surface area contributed by atoms with E-state index in [9.17, 15) is 0 Å². The van der Waals surface area contributed by atoms with Crippen LogP contribution in [0.5, 0.6) is 6.01 Å². The standard InChI is InChI=1S/C11H19N5O/c1-4-8-5-6-16(7-8)10-13-9(12-2)14-11(15-10)17-3/h8H,4-7H2,1-3H3,(H,12,13,14,15). The second kappa shape index (κ2) is 5.16. The van der Waals surface area contributed by atoms with Crippen LogP contribution in [0.2, 0.25) is 0 Å². The summed E-state index contributed by atoms with van der Waals surface area (Å²) in [7, 11) is 3.36. The zero-order valence-corrected chi connectivity index (χ0v) is 10.6. The summed E-state index contributed by atoms with van der Waals surface area (Å²) < 4.78 is 5.08. The molecule has 0 amide bonds. The summed E-state index contributed by atoms with van der Waals surface area (Å²) in [6.07, 6.45) is 2.41. The van der Waals surface area contributed by atoms with Gasteiger partial charge in [-0.3, -0.25) is 0 Å². The average molecular weight is 237 g/mol. The molecule has 17 heavy (non-hydrogen) atoms. The van der Waals surface area contributed by atoms with Crippen molar-refractivity contribution in [2.45, 2.75) is 19.8 Å². The molecule has 6 heteroatoms. The highest BCUT2D eigenvalue weighted by molar-refractivity contribution is 5.39. The summed E-state index contributed by atoms with van der Waals surface area (Å²) in [6, 6.07) is 0.360. The van der Waals surface area contributed by atoms with E-state index in [4.69, 9.17) is 4.74 Å². The van der Waals surface area contributed by atoms with Crippen LogP contribution in [-0.4, -0.2) is 42.2 Å². The van der Waals surface area contributed by atoms with Crippen molar-refractivity contribution in [1.29, 1.82) is 0 Å². The van der Waals surface area contributed by atoms with Gasteiger partial charge in [0.1, 0.15) is 0 Å². The lowest BCUT2D eigenvalue weighted by atomic mass is 10.1. The molecule has 6 nitrogen and oxygen atoms in total. The van der Waals surface area contributed by atoms with Crippen molar-refractivity contribution < 1.29 is 4.74 Å². The first-order chi connectivity index (χ1) is 8.26. The van der Waals surface area contributed by atoms with Crippen molar-refractivity contribution in [2.24, 2.45) is 5.92 Å². The first-order valence-electron chi connectivity index (χ1n) is 5.99. The number of rotatable bonds is 4. The van der Waals surface area contributed by atoms with Crippen LogP contribution in [0, 0.1) is 5.92 Å². The number of aromatic nitrogens is 3. The van der Waals surface area contributed by atoms with Gasteiger partial charge in [-0.05, 0) is 12.3 Å². The molecule has 1 fully saturated rings. The van der Waals surface area contributed by atoms with Gasteiger partial charge in [0.05, 0.1) is 7.11 Å². The van der Waals surface area contributed by atoms with Gasteiger partial charge in [0.25, 0.3) is 0 Å². The largest absolute Gasteiger partial charge is 0.467 e. The van der Waals surface area contributed by atoms with E-state index in [0.29, 0.717) is 17.9 Å². The molecule has 1 aliphatic rings. The minimum Gasteiger partial charge on any atom is -0.467 e. The summed E-state index contributed by atoms with van der Waals surface area (Å²) in [5.41, 5.74) is 0. The molecule has 1 aromatic heterocycles. The van der Waals surface area contributed by atoms with E-state index in [1.165, 1.54) is 12.8 Å². The molecule has 2 heterocycles.